The van der Waals surface area contributed by atoms with Gasteiger partial charge >= 0.3 is 5.63 Å². The van der Waals surface area contributed by atoms with E-state index < -0.39 is 11.7 Å². The summed E-state index contributed by atoms with van der Waals surface area (Å²) in [5.74, 6) is 1.54. The number of nitrogens with one attached hydrogen (secondary N) is 1. The van der Waals surface area contributed by atoms with Crippen LogP contribution in [0.3, 0.4) is 0 Å². The summed E-state index contributed by atoms with van der Waals surface area (Å²) in [5, 5.41) is 37.4. The highest BCUT2D eigenvalue weighted by Gasteiger charge is 2.65. The van der Waals surface area contributed by atoms with Crippen molar-refractivity contribution in [2.45, 2.75) is 104 Å². The zero-order chi connectivity index (χ0) is 29.3. The summed E-state index contributed by atoms with van der Waals surface area (Å²) >= 11 is 0. The molecule has 4 N–H and O–H groups in total. The molecular formula is C34H47NO6. The van der Waals surface area contributed by atoms with Crippen molar-refractivity contribution in [3.05, 3.63) is 40.2 Å². The lowest BCUT2D eigenvalue weighted by Crippen LogP contribution is -2.62. The lowest BCUT2D eigenvalue weighted by molar-refractivity contribution is -0.207. The fourth-order valence-electron chi connectivity index (χ4n) is 10.3. The summed E-state index contributed by atoms with van der Waals surface area (Å²) < 4.78 is 5.33. The van der Waals surface area contributed by atoms with Crippen LogP contribution in [0.2, 0.25) is 0 Å². The number of benzene rings is 1. The maximum Gasteiger partial charge on any atom is 0.336 e. The Kier molecular flexibility index (Phi) is 7.39. The lowest BCUT2D eigenvalue weighted by atomic mass is 9.43. The van der Waals surface area contributed by atoms with Gasteiger partial charge in [0.1, 0.15) is 5.58 Å². The molecule has 0 bridgehead atoms. The summed E-state index contributed by atoms with van der Waals surface area (Å²) in [6, 6.07) is 6.87. The van der Waals surface area contributed by atoms with Gasteiger partial charge in [-0.15, -0.1) is 0 Å². The molecule has 11 atom stereocenters. The third-order valence-corrected chi connectivity index (χ3v) is 12.6. The number of hydrogen-bond donors (Lipinski definition) is 4. The molecule has 6 rings (SSSR count). The first-order valence-corrected chi connectivity index (χ1v) is 15.8. The van der Waals surface area contributed by atoms with Crippen molar-refractivity contribution in [3.63, 3.8) is 0 Å². The van der Waals surface area contributed by atoms with Crippen LogP contribution in [-0.2, 0) is 4.79 Å². The SMILES string of the molecule is Cc1cc(=O)oc2cc(NC(=O)CC[C@@H](C)[C@H]3CC[C@H]4C5[C@H](O)C[C@@H]6C[C@H](O)CC[C@]6(C)[C@H]5C[C@H](O)[C@]34C)ccc12. The Bertz CT molecular complexity index is 1370. The predicted molar refractivity (Wildman–Crippen MR) is 158 cm³/mol. The predicted octanol–water partition coefficient (Wildman–Crippen LogP) is 5.42. The molecule has 1 unspecified atom stereocenters. The van der Waals surface area contributed by atoms with E-state index in [9.17, 15) is 24.9 Å². The third kappa shape index (κ3) is 4.76. The highest BCUT2D eigenvalue weighted by atomic mass is 16.4. The molecule has 1 heterocycles. The van der Waals surface area contributed by atoms with Crippen molar-refractivity contribution in [2.24, 2.45) is 46.3 Å². The van der Waals surface area contributed by atoms with Crippen molar-refractivity contribution in [2.75, 3.05) is 5.32 Å². The van der Waals surface area contributed by atoms with E-state index in [-0.39, 0.29) is 52.6 Å². The maximum absolute atomic E-state index is 12.9. The molecule has 1 aromatic carbocycles. The van der Waals surface area contributed by atoms with Gasteiger partial charge in [0.15, 0.2) is 0 Å². The number of carbonyl (C=O) groups excluding carboxylic acids is 1. The van der Waals surface area contributed by atoms with E-state index in [0.29, 0.717) is 29.5 Å². The number of aliphatic hydroxyl groups excluding tert-OH is 3. The van der Waals surface area contributed by atoms with Crippen molar-refractivity contribution >= 4 is 22.6 Å². The minimum absolute atomic E-state index is 0.0667. The van der Waals surface area contributed by atoms with E-state index in [1.54, 1.807) is 6.07 Å². The molecule has 1 amide bonds. The van der Waals surface area contributed by atoms with Gasteiger partial charge in [0.2, 0.25) is 5.91 Å². The van der Waals surface area contributed by atoms with Crippen LogP contribution in [0, 0.1) is 53.3 Å². The number of amides is 1. The molecule has 4 aliphatic rings. The van der Waals surface area contributed by atoms with Crippen LogP contribution in [0.25, 0.3) is 11.0 Å². The van der Waals surface area contributed by atoms with Gasteiger partial charge in [-0.3, -0.25) is 4.79 Å². The number of fused-ring (bicyclic) bond motifs is 6. The van der Waals surface area contributed by atoms with Gasteiger partial charge in [0.25, 0.3) is 0 Å². The molecule has 7 heteroatoms. The Morgan fingerprint density at radius 1 is 1.07 bits per heavy atom. The van der Waals surface area contributed by atoms with Crippen LogP contribution in [-0.4, -0.2) is 39.5 Å². The highest BCUT2D eigenvalue weighted by molar-refractivity contribution is 5.93. The summed E-state index contributed by atoms with van der Waals surface area (Å²) in [4.78, 5) is 24.7. The average molecular weight is 566 g/mol. The monoisotopic (exact) mass is 565 g/mol. The van der Waals surface area contributed by atoms with Crippen LogP contribution in [0.15, 0.2) is 33.5 Å². The van der Waals surface area contributed by atoms with E-state index in [2.05, 4.69) is 26.1 Å². The first kappa shape index (κ1) is 28.9. The second-order valence-corrected chi connectivity index (χ2v) is 14.5. The maximum atomic E-state index is 12.9. The van der Waals surface area contributed by atoms with Gasteiger partial charge < -0.3 is 25.1 Å². The molecular weight excluding hydrogens is 518 g/mol. The van der Waals surface area contributed by atoms with Crippen molar-refractivity contribution in [1.82, 2.24) is 0 Å². The topological polar surface area (TPSA) is 120 Å². The lowest BCUT2D eigenvalue weighted by Gasteiger charge is -2.63. The van der Waals surface area contributed by atoms with Crippen molar-refractivity contribution in [1.29, 1.82) is 0 Å². The van der Waals surface area contributed by atoms with Gasteiger partial charge in [-0.2, -0.15) is 0 Å². The number of aliphatic hydroxyl groups is 3. The van der Waals surface area contributed by atoms with E-state index >= 15 is 0 Å². The molecule has 0 spiro atoms. The molecule has 4 saturated carbocycles. The second-order valence-electron chi connectivity index (χ2n) is 14.5. The normalized spacial score (nSPS) is 40.9. The number of anilines is 1. The quantitative estimate of drug-likeness (QED) is 0.360. The number of rotatable bonds is 5. The Balaban J connectivity index is 1.13. The van der Waals surface area contributed by atoms with Gasteiger partial charge in [-0.1, -0.05) is 20.8 Å². The fourth-order valence-corrected chi connectivity index (χ4v) is 10.3. The summed E-state index contributed by atoms with van der Waals surface area (Å²) in [6.07, 6.45) is 6.09. The third-order valence-electron chi connectivity index (χ3n) is 12.6. The van der Waals surface area contributed by atoms with E-state index in [4.69, 9.17) is 4.42 Å². The summed E-state index contributed by atoms with van der Waals surface area (Å²) in [5.41, 5.74) is 1.30. The number of carbonyl (C=O) groups is 1. The molecule has 7 nitrogen and oxygen atoms in total. The molecule has 4 fully saturated rings. The van der Waals surface area contributed by atoms with Crippen LogP contribution in [0.5, 0.6) is 0 Å². The van der Waals surface area contributed by atoms with Crippen molar-refractivity contribution in [3.8, 4) is 0 Å². The second kappa shape index (κ2) is 10.5. The molecule has 4 aliphatic carbocycles. The highest BCUT2D eigenvalue weighted by Crippen LogP contribution is 2.68. The average Bonchev–Trinajstić information content (AvgIpc) is 3.27. The van der Waals surface area contributed by atoms with E-state index in [1.807, 2.05) is 19.1 Å². The molecule has 0 saturated heterocycles. The van der Waals surface area contributed by atoms with Crippen LogP contribution in [0.1, 0.15) is 84.1 Å². The van der Waals surface area contributed by atoms with Gasteiger partial charge in [-0.05, 0) is 122 Å². The summed E-state index contributed by atoms with van der Waals surface area (Å²) in [7, 11) is 0. The standard InChI is InChI=1S/C34H47NO6/c1-18(5-10-30(39)35-21-6-7-23-19(2)13-31(40)41-28(23)16-21)24-8-9-25-32-26(17-29(38)34(24,25)4)33(3)12-11-22(36)14-20(33)15-27(32)37/h6-7,13,16,18,20,22,24-27,29,32,36-38H,5,8-12,14-15,17H2,1-4H3,(H,35,39)/t18-,20+,22-,24-,25+,26+,27-,29+,32?,33+,34-/m1/s1. The number of hydrogen-bond acceptors (Lipinski definition) is 6. The van der Waals surface area contributed by atoms with Gasteiger partial charge in [0.05, 0.1) is 18.3 Å². The molecule has 224 valence electrons. The Morgan fingerprint density at radius 2 is 1.85 bits per heavy atom. The van der Waals surface area contributed by atoms with Gasteiger partial charge in [0, 0.05) is 29.6 Å². The van der Waals surface area contributed by atoms with Crippen molar-refractivity contribution < 1.29 is 24.5 Å². The largest absolute Gasteiger partial charge is 0.423 e. The molecule has 0 aliphatic heterocycles. The van der Waals surface area contributed by atoms with Crippen LogP contribution >= 0.6 is 0 Å². The zero-order valence-electron chi connectivity index (χ0n) is 24.9. The minimum Gasteiger partial charge on any atom is -0.423 e. The van der Waals surface area contributed by atoms with Crippen LogP contribution in [0.4, 0.5) is 5.69 Å². The first-order chi connectivity index (χ1) is 19.4. The summed E-state index contributed by atoms with van der Waals surface area (Å²) in [6.45, 7) is 8.70. The minimum atomic E-state index is -0.428. The Labute approximate surface area is 242 Å². The van der Waals surface area contributed by atoms with Gasteiger partial charge in [-0.25, -0.2) is 4.79 Å². The molecule has 0 radical (unpaired) electrons. The fraction of sp³-hybridized carbons (Fsp3) is 0.706. The zero-order valence-corrected chi connectivity index (χ0v) is 24.9. The molecule has 1 aromatic heterocycles. The number of aryl methyl sites for hydroxylation is 1. The van der Waals surface area contributed by atoms with E-state index in [0.717, 1.165) is 62.3 Å². The Hall–Kier alpha value is -2.22. The Morgan fingerprint density at radius 3 is 2.63 bits per heavy atom. The molecule has 41 heavy (non-hydrogen) atoms. The smallest absolute Gasteiger partial charge is 0.336 e. The first-order valence-electron chi connectivity index (χ1n) is 15.8. The van der Waals surface area contributed by atoms with Crippen LogP contribution < -0.4 is 10.9 Å². The molecule has 2 aromatic rings. The van der Waals surface area contributed by atoms with E-state index in [1.165, 1.54) is 6.07 Å².